The molecule has 1 N–H and O–H groups in total. The highest BCUT2D eigenvalue weighted by Gasteiger charge is 2.39. The minimum atomic E-state index is 0.458. The van der Waals surface area contributed by atoms with E-state index in [9.17, 15) is 4.79 Å². The van der Waals surface area contributed by atoms with Crippen molar-refractivity contribution >= 4 is 5.78 Å². The van der Waals surface area contributed by atoms with Crippen LogP contribution in [0.2, 0.25) is 0 Å². The van der Waals surface area contributed by atoms with Gasteiger partial charge in [0.15, 0.2) is 0 Å². The Labute approximate surface area is 91.8 Å². The molecule has 3 aliphatic rings. The summed E-state index contributed by atoms with van der Waals surface area (Å²) >= 11 is 0. The highest BCUT2D eigenvalue weighted by Crippen LogP contribution is 2.49. The van der Waals surface area contributed by atoms with E-state index in [1.165, 1.54) is 38.5 Å². The fourth-order valence-electron chi connectivity index (χ4n) is 3.54. The number of hydrogen-bond acceptors (Lipinski definition) is 2. The summed E-state index contributed by atoms with van der Waals surface area (Å²) in [6.45, 7) is 0.637. The largest absolute Gasteiger partial charge is 0.307 e. The summed E-state index contributed by atoms with van der Waals surface area (Å²) in [5, 5.41) is 3.32. The van der Waals surface area contributed by atoms with Crippen molar-refractivity contribution < 1.29 is 4.79 Å². The van der Waals surface area contributed by atoms with Crippen molar-refractivity contribution in [3.63, 3.8) is 0 Å². The average molecular weight is 207 g/mol. The lowest BCUT2D eigenvalue weighted by molar-refractivity contribution is -0.119. The van der Waals surface area contributed by atoms with Crippen LogP contribution in [0.25, 0.3) is 0 Å². The van der Waals surface area contributed by atoms with Gasteiger partial charge in [-0.1, -0.05) is 6.42 Å². The van der Waals surface area contributed by atoms with Crippen LogP contribution in [0.1, 0.15) is 44.9 Å². The quantitative estimate of drug-likeness (QED) is 0.748. The van der Waals surface area contributed by atoms with Crippen LogP contribution < -0.4 is 5.32 Å². The van der Waals surface area contributed by atoms with Gasteiger partial charge in [0.25, 0.3) is 0 Å². The molecule has 0 spiro atoms. The number of hydrogen-bond donors (Lipinski definition) is 1. The molecular formula is C13H21NO. The molecule has 0 amide bonds. The maximum Gasteiger partial charge on any atom is 0.146 e. The Hall–Kier alpha value is -0.370. The van der Waals surface area contributed by atoms with Crippen molar-refractivity contribution in [2.45, 2.75) is 51.0 Å². The highest BCUT2D eigenvalue weighted by molar-refractivity contribution is 5.80. The third-order valence-electron chi connectivity index (χ3n) is 4.54. The predicted molar refractivity (Wildman–Crippen MR) is 59.6 cm³/mol. The molecular weight excluding hydrogens is 186 g/mol. The molecule has 3 rings (SSSR count). The summed E-state index contributed by atoms with van der Waals surface area (Å²) in [6, 6.07) is 0.675. The normalized spacial score (nSPS) is 38.5. The molecule has 3 atom stereocenters. The zero-order chi connectivity index (χ0) is 10.3. The molecule has 0 saturated heterocycles. The van der Waals surface area contributed by atoms with E-state index in [1.807, 2.05) is 0 Å². The number of rotatable bonds is 5. The number of nitrogens with one attached hydrogen (secondary N) is 1. The van der Waals surface area contributed by atoms with Crippen LogP contribution in [0.5, 0.6) is 0 Å². The monoisotopic (exact) mass is 207 g/mol. The van der Waals surface area contributed by atoms with E-state index in [0.717, 1.165) is 24.2 Å². The van der Waals surface area contributed by atoms with Gasteiger partial charge in [0.2, 0.25) is 0 Å². The first-order valence-corrected chi connectivity index (χ1v) is 6.56. The molecule has 0 aromatic heterocycles. The van der Waals surface area contributed by atoms with Crippen LogP contribution in [-0.4, -0.2) is 18.4 Å². The highest BCUT2D eigenvalue weighted by atomic mass is 16.1. The van der Waals surface area contributed by atoms with Crippen LogP contribution >= 0.6 is 0 Å². The van der Waals surface area contributed by atoms with Crippen LogP contribution in [0.3, 0.4) is 0 Å². The summed E-state index contributed by atoms with van der Waals surface area (Å²) in [7, 11) is 0. The second-order valence-electron chi connectivity index (χ2n) is 5.83. The van der Waals surface area contributed by atoms with Gasteiger partial charge in [0.05, 0.1) is 6.54 Å². The molecule has 3 fully saturated rings. The van der Waals surface area contributed by atoms with Crippen molar-refractivity contribution in [3.05, 3.63) is 0 Å². The first kappa shape index (κ1) is 9.83. The van der Waals surface area contributed by atoms with Crippen molar-refractivity contribution in [2.24, 2.45) is 17.8 Å². The lowest BCUT2D eigenvalue weighted by atomic mass is 9.85. The number of carbonyl (C=O) groups is 1. The maximum atomic E-state index is 11.7. The lowest BCUT2D eigenvalue weighted by Gasteiger charge is -2.20. The Morgan fingerprint density at radius 1 is 1.13 bits per heavy atom. The van der Waals surface area contributed by atoms with Crippen LogP contribution in [0.4, 0.5) is 0 Å². The number of Topliss-reactive ketones (excluding diaryl/α,β-unsaturated/α-hetero) is 1. The second-order valence-corrected chi connectivity index (χ2v) is 5.83. The smallest absolute Gasteiger partial charge is 0.146 e. The topological polar surface area (TPSA) is 29.1 Å². The fraction of sp³-hybridized carbons (Fsp3) is 0.923. The maximum absolute atomic E-state index is 11.7. The predicted octanol–water partition coefficient (Wildman–Crippen LogP) is 2.13. The lowest BCUT2D eigenvalue weighted by Crippen LogP contribution is -2.27. The molecule has 3 saturated carbocycles. The molecule has 15 heavy (non-hydrogen) atoms. The van der Waals surface area contributed by atoms with Crippen molar-refractivity contribution in [3.8, 4) is 0 Å². The SMILES string of the molecule is O=C(CNC1CC1)CC1CC2CCC1C2. The van der Waals surface area contributed by atoms with Gasteiger partial charge >= 0.3 is 0 Å². The van der Waals surface area contributed by atoms with Gasteiger partial charge in [-0.2, -0.15) is 0 Å². The fourth-order valence-corrected chi connectivity index (χ4v) is 3.54. The summed E-state index contributed by atoms with van der Waals surface area (Å²) in [6.07, 6.45) is 9.03. The van der Waals surface area contributed by atoms with Gasteiger partial charge in [-0.3, -0.25) is 4.79 Å². The summed E-state index contributed by atoms with van der Waals surface area (Å²) < 4.78 is 0. The Balaban J connectivity index is 1.42. The molecule has 3 aliphatic carbocycles. The zero-order valence-electron chi connectivity index (χ0n) is 9.37. The third kappa shape index (κ3) is 2.25. The Bertz CT molecular complexity index is 259. The van der Waals surface area contributed by atoms with Crippen molar-refractivity contribution in [1.29, 1.82) is 0 Å². The van der Waals surface area contributed by atoms with E-state index in [4.69, 9.17) is 0 Å². The van der Waals surface area contributed by atoms with Gasteiger partial charge in [-0.25, -0.2) is 0 Å². The molecule has 84 valence electrons. The van der Waals surface area contributed by atoms with E-state index in [1.54, 1.807) is 0 Å². The Kier molecular flexibility index (Phi) is 2.55. The van der Waals surface area contributed by atoms with Crippen LogP contribution in [0, 0.1) is 17.8 Å². The first-order chi connectivity index (χ1) is 7.31. The molecule has 0 aliphatic heterocycles. The number of ketones is 1. The summed E-state index contributed by atoms with van der Waals surface area (Å²) in [5.41, 5.74) is 0. The van der Waals surface area contributed by atoms with Gasteiger partial charge in [-0.15, -0.1) is 0 Å². The van der Waals surface area contributed by atoms with Crippen LogP contribution in [0.15, 0.2) is 0 Å². The zero-order valence-corrected chi connectivity index (χ0v) is 9.37. The standard InChI is InChI=1S/C13H21NO/c15-13(8-14-12-3-4-12)7-11-6-9-1-2-10(11)5-9/h9-12,14H,1-8H2. The van der Waals surface area contributed by atoms with E-state index >= 15 is 0 Å². The van der Waals surface area contributed by atoms with E-state index in [0.29, 0.717) is 18.4 Å². The van der Waals surface area contributed by atoms with Gasteiger partial charge in [0, 0.05) is 12.5 Å². The van der Waals surface area contributed by atoms with Gasteiger partial charge < -0.3 is 5.32 Å². The van der Waals surface area contributed by atoms with Gasteiger partial charge in [0.1, 0.15) is 5.78 Å². The third-order valence-corrected chi connectivity index (χ3v) is 4.54. The van der Waals surface area contributed by atoms with E-state index in [-0.39, 0.29) is 0 Å². The molecule has 2 nitrogen and oxygen atoms in total. The van der Waals surface area contributed by atoms with E-state index < -0.39 is 0 Å². The molecule has 0 heterocycles. The first-order valence-electron chi connectivity index (χ1n) is 6.56. The van der Waals surface area contributed by atoms with Crippen molar-refractivity contribution in [1.82, 2.24) is 5.32 Å². The number of fused-ring (bicyclic) bond motifs is 2. The summed E-state index contributed by atoms with van der Waals surface area (Å²) in [4.78, 5) is 11.7. The molecule has 0 radical (unpaired) electrons. The minimum Gasteiger partial charge on any atom is -0.307 e. The summed E-state index contributed by atoms with van der Waals surface area (Å²) in [5.74, 6) is 3.08. The number of carbonyl (C=O) groups excluding carboxylic acids is 1. The minimum absolute atomic E-state index is 0.458. The molecule has 2 bridgehead atoms. The Morgan fingerprint density at radius 2 is 2.00 bits per heavy atom. The Morgan fingerprint density at radius 3 is 2.60 bits per heavy atom. The van der Waals surface area contributed by atoms with E-state index in [2.05, 4.69) is 5.32 Å². The van der Waals surface area contributed by atoms with Crippen LogP contribution in [-0.2, 0) is 4.79 Å². The molecule has 3 unspecified atom stereocenters. The average Bonchev–Trinajstić information content (AvgIpc) is 2.84. The molecule has 0 aromatic rings. The second kappa shape index (κ2) is 3.89. The molecule has 2 heteroatoms. The van der Waals surface area contributed by atoms with Gasteiger partial charge in [-0.05, 0) is 49.9 Å². The van der Waals surface area contributed by atoms with Crippen molar-refractivity contribution in [2.75, 3.05) is 6.54 Å². The molecule has 0 aromatic carbocycles.